The van der Waals surface area contributed by atoms with Crippen molar-refractivity contribution in [2.75, 3.05) is 12.0 Å². The number of pyridine rings is 1. The summed E-state index contributed by atoms with van der Waals surface area (Å²) in [7, 11) is 1.60. The lowest BCUT2D eigenvalue weighted by molar-refractivity contribution is 0.0985. The summed E-state index contributed by atoms with van der Waals surface area (Å²) in [6.45, 7) is 0.258. The molecular weight excluding hydrogens is 377 g/mol. The molecule has 2 aromatic carbocycles. The fraction of sp³-hybridized carbons (Fsp3) is 0.0952. The third kappa shape index (κ3) is 3.70. The van der Waals surface area contributed by atoms with Crippen LogP contribution in [0.2, 0.25) is 0 Å². The summed E-state index contributed by atoms with van der Waals surface area (Å²) in [5, 5.41) is 0.545. The first-order valence-electron chi connectivity index (χ1n) is 8.56. The minimum absolute atomic E-state index is 0.258. The number of nitrogens with zero attached hydrogens (tertiary/aromatic N) is 3. The highest BCUT2D eigenvalue weighted by Crippen LogP contribution is 2.32. The van der Waals surface area contributed by atoms with Crippen LogP contribution < -0.4 is 9.64 Å². The van der Waals surface area contributed by atoms with Gasteiger partial charge in [0.25, 0.3) is 5.91 Å². The van der Waals surface area contributed by atoms with Gasteiger partial charge < -0.3 is 4.74 Å². The van der Waals surface area contributed by atoms with Crippen molar-refractivity contribution in [2.45, 2.75) is 6.54 Å². The van der Waals surface area contributed by atoms with Crippen molar-refractivity contribution in [1.82, 2.24) is 9.97 Å². The highest BCUT2D eigenvalue weighted by Gasteiger charge is 2.22. The summed E-state index contributed by atoms with van der Waals surface area (Å²) < 4.78 is 19.5. The van der Waals surface area contributed by atoms with Gasteiger partial charge in [-0.15, -0.1) is 0 Å². The number of benzene rings is 2. The molecule has 28 heavy (non-hydrogen) atoms. The van der Waals surface area contributed by atoms with Crippen molar-refractivity contribution in [1.29, 1.82) is 0 Å². The largest absolute Gasteiger partial charge is 0.497 e. The molecule has 1 amide bonds. The van der Waals surface area contributed by atoms with E-state index >= 15 is 0 Å². The van der Waals surface area contributed by atoms with Gasteiger partial charge in [0.15, 0.2) is 5.13 Å². The van der Waals surface area contributed by atoms with E-state index in [4.69, 9.17) is 4.74 Å². The summed E-state index contributed by atoms with van der Waals surface area (Å²) in [5.74, 6) is 0.0436. The fourth-order valence-electron chi connectivity index (χ4n) is 2.77. The highest BCUT2D eigenvalue weighted by molar-refractivity contribution is 7.22. The van der Waals surface area contributed by atoms with E-state index < -0.39 is 0 Å². The van der Waals surface area contributed by atoms with Crippen LogP contribution in [0, 0.1) is 5.82 Å². The average molecular weight is 393 g/mol. The van der Waals surface area contributed by atoms with Gasteiger partial charge >= 0.3 is 0 Å². The van der Waals surface area contributed by atoms with Crippen LogP contribution in [0.1, 0.15) is 16.1 Å². The van der Waals surface area contributed by atoms with E-state index in [1.54, 1.807) is 18.2 Å². The number of rotatable bonds is 5. The monoisotopic (exact) mass is 393 g/mol. The van der Waals surface area contributed by atoms with Crippen molar-refractivity contribution >= 4 is 32.6 Å². The zero-order valence-electron chi connectivity index (χ0n) is 15.0. The number of hydrogen-bond acceptors (Lipinski definition) is 5. The molecule has 4 aromatic rings. The van der Waals surface area contributed by atoms with Gasteiger partial charge in [0.05, 0.1) is 29.6 Å². The number of halogens is 1. The second-order valence-corrected chi connectivity index (χ2v) is 7.06. The molecule has 0 aliphatic carbocycles. The number of methoxy groups -OCH3 is 1. The minimum Gasteiger partial charge on any atom is -0.497 e. The van der Waals surface area contributed by atoms with Gasteiger partial charge in [0.1, 0.15) is 11.6 Å². The second kappa shape index (κ2) is 7.74. The van der Waals surface area contributed by atoms with Crippen LogP contribution in [-0.4, -0.2) is 23.0 Å². The molecule has 2 aromatic heterocycles. The van der Waals surface area contributed by atoms with Crippen molar-refractivity contribution < 1.29 is 13.9 Å². The second-order valence-electron chi connectivity index (χ2n) is 6.05. The van der Waals surface area contributed by atoms with Crippen LogP contribution in [-0.2, 0) is 6.54 Å². The zero-order valence-corrected chi connectivity index (χ0v) is 15.8. The Morgan fingerprint density at radius 1 is 1.14 bits per heavy atom. The van der Waals surface area contributed by atoms with Crippen molar-refractivity contribution in [3.63, 3.8) is 0 Å². The summed E-state index contributed by atoms with van der Waals surface area (Å²) in [6, 6.07) is 16.6. The first-order chi connectivity index (χ1) is 13.6. The van der Waals surface area contributed by atoms with E-state index in [0.717, 1.165) is 15.9 Å². The van der Waals surface area contributed by atoms with E-state index in [9.17, 15) is 9.18 Å². The number of ether oxygens (including phenoxy) is 1. The molecule has 2 heterocycles. The molecule has 4 rings (SSSR count). The fourth-order valence-corrected chi connectivity index (χ4v) is 3.71. The predicted molar refractivity (Wildman–Crippen MR) is 107 cm³/mol. The van der Waals surface area contributed by atoms with Crippen LogP contribution in [0.15, 0.2) is 66.9 Å². The molecule has 0 unspecified atom stereocenters. The van der Waals surface area contributed by atoms with E-state index in [0.29, 0.717) is 16.4 Å². The van der Waals surface area contributed by atoms with Crippen molar-refractivity contribution in [3.8, 4) is 5.75 Å². The van der Waals surface area contributed by atoms with Crippen LogP contribution in [0.25, 0.3) is 10.2 Å². The van der Waals surface area contributed by atoms with Gasteiger partial charge in [0, 0.05) is 17.8 Å². The van der Waals surface area contributed by atoms with Gasteiger partial charge in [-0.3, -0.25) is 14.7 Å². The lowest BCUT2D eigenvalue weighted by Crippen LogP contribution is -2.30. The highest BCUT2D eigenvalue weighted by atomic mass is 32.1. The van der Waals surface area contributed by atoms with Gasteiger partial charge in [0.2, 0.25) is 0 Å². The summed E-state index contributed by atoms with van der Waals surface area (Å²) in [4.78, 5) is 23.7. The maximum Gasteiger partial charge on any atom is 0.260 e. The van der Waals surface area contributed by atoms with E-state index in [-0.39, 0.29) is 18.3 Å². The molecule has 0 atom stereocenters. The van der Waals surface area contributed by atoms with E-state index in [1.165, 1.54) is 35.6 Å². The normalized spacial score (nSPS) is 10.8. The molecule has 0 spiro atoms. The number of carbonyl (C=O) groups excluding carboxylic acids is 1. The zero-order chi connectivity index (χ0) is 19.5. The Hall–Kier alpha value is -3.32. The Morgan fingerprint density at radius 2 is 1.96 bits per heavy atom. The number of aromatic nitrogens is 2. The maximum absolute atomic E-state index is 13.3. The molecule has 0 radical (unpaired) electrons. The smallest absolute Gasteiger partial charge is 0.260 e. The molecule has 0 saturated heterocycles. The average Bonchev–Trinajstić information content (AvgIpc) is 3.15. The Labute approximate surface area is 165 Å². The van der Waals surface area contributed by atoms with Gasteiger partial charge in [-0.05, 0) is 48.5 Å². The topological polar surface area (TPSA) is 55.3 Å². The summed E-state index contributed by atoms with van der Waals surface area (Å²) >= 11 is 1.41. The quantitative estimate of drug-likeness (QED) is 0.494. The number of fused-ring (bicyclic) bond motifs is 1. The lowest BCUT2D eigenvalue weighted by atomic mass is 10.2. The first kappa shape index (κ1) is 18.1. The molecule has 0 aliphatic heterocycles. The van der Waals surface area contributed by atoms with Crippen molar-refractivity contribution in [3.05, 3.63) is 83.9 Å². The van der Waals surface area contributed by atoms with Crippen LogP contribution >= 0.6 is 11.3 Å². The Kier molecular flexibility index (Phi) is 4.99. The Morgan fingerprint density at radius 3 is 2.68 bits per heavy atom. The number of thiazole rings is 1. The number of carbonyl (C=O) groups is 1. The lowest BCUT2D eigenvalue weighted by Gasteiger charge is -2.19. The van der Waals surface area contributed by atoms with Crippen molar-refractivity contribution in [2.24, 2.45) is 0 Å². The van der Waals surface area contributed by atoms with Gasteiger partial charge in [-0.1, -0.05) is 17.4 Å². The van der Waals surface area contributed by atoms with Crippen LogP contribution in [0.3, 0.4) is 0 Å². The molecular formula is C21H16FN3O2S. The van der Waals surface area contributed by atoms with Crippen LogP contribution in [0.4, 0.5) is 9.52 Å². The van der Waals surface area contributed by atoms with Gasteiger partial charge in [-0.2, -0.15) is 0 Å². The van der Waals surface area contributed by atoms with E-state index in [1.807, 2.05) is 36.4 Å². The molecule has 0 bridgehead atoms. The first-order valence-corrected chi connectivity index (χ1v) is 9.37. The van der Waals surface area contributed by atoms with E-state index in [2.05, 4.69) is 9.97 Å². The Balaban J connectivity index is 1.75. The predicted octanol–water partition coefficient (Wildman–Crippen LogP) is 4.69. The number of amides is 1. The van der Waals surface area contributed by atoms with Crippen LogP contribution in [0.5, 0.6) is 5.75 Å². The maximum atomic E-state index is 13.3. The summed E-state index contributed by atoms with van der Waals surface area (Å²) in [6.07, 6.45) is 1.68. The number of hydrogen-bond donors (Lipinski definition) is 0. The SMILES string of the molecule is COc1ccc2sc(N(Cc3ccccn3)C(=O)c3ccc(F)cc3)nc2c1. The third-order valence-corrected chi connectivity index (χ3v) is 5.26. The molecule has 140 valence electrons. The standard InChI is InChI=1S/C21H16FN3O2S/c1-27-17-9-10-19-18(12-17)24-21(28-19)25(13-16-4-2-3-11-23-16)20(26)14-5-7-15(22)8-6-14/h2-12H,13H2,1H3. The molecule has 5 nitrogen and oxygen atoms in total. The Bertz CT molecular complexity index is 1110. The molecule has 0 aliphatic rings. The number of anilines is 1. The third-order valence-electron chi connectivity index (χ3n) is 4.20. The molecule has 7 heteroatoms. The molecule has 0 fully saturated rings. The molecule has 0 saturated carbocycles. The minimum atomic E-state index is -0.389. The summed E-state index contributed by atoms with van der Waals surface area (Å²) in [5.41, 5.74) is 1.86. The van der Waals surface area contributed by atoms with Gasteiger partial charge in [-0.25, -0.2) is 9.37 Å². The molecule has 0 N–H and O–H groups in total.